The number of rotatable bonds is 9. The lowest BCUT2D eigenvalue weighted by atomic mass is 9.79. The van der Waals surface area contributed by atoms with E-state index in [1.54, 1.807) is 0 Å². The molecule has 0 atom stereocenters. The summed E-state index contributed by atoms with van der Waals surface area (Å²) in [6.45, 7) is 10.5. The fraction of sp³-hybridized carbons (Fsp3) is 1.00. The zero-order valence-corrected chi connectivity index (χ0v) is 13.2. The average Bonchev–Trinajstić information content (AvgIpc) is 3.34. The molecular formula is C17H32N2O. The highest BCUT2D eigenvalue weighted by Crippen LogP contribution is 2.37. The summed E-state index contributed by atoms with van der Waals surface area (Å²) < 4.78 is 5.63. The molecule has 20 heavy (non-hydrogen) atoms. The predicted molar refractivity (Wildman–Crippen MR) is 82.9 cm³/mol. The number of hydrogen-bond acceptors (Lipinski definition) is 3. The summed E-state index contributed by atoms with van der Waals surface area (Å²) in [4.78, 5) is 2.82. The molecular weight excluding hydrogens is 248 g/mol. The number of nitrogens with zero attached hydrogens (tertiary/aromatic N) is 1. The lowest BCUT2D eigenvalue weighted by molar-refractivity contribution is -0.00559. The van der Waals surface area contributed by atoms with Gasteiger partial charge in [0.2, 0.25) is 0 Å². The number of nitrogens with one attached hydrogen (secondary N) is 1. The Morgan fingerprint density at radius 2 is 1.65 bits per heavy atom. The van der Waals surface area contributed by atoms with Crippen LogP contribution in [0, 0.1) is 17.3 Å². The third-order valence-corrected chi connectivity index (χ3v) is 5.29. The van der Waals surface area contributed by atoms with E-state index < -0.39 is 0 Å². The van der Waals surface area contributed by atoms with Crippen LogP contribution in [-0.2, 0) is 4.74 Å². The molecule has 3 fully saturated rings. The smallest absolute Gasteiger partial charge is 0.0472 e. The van der Waals surface area contributed by atoms with Crippen molar-refractivity contribution in [3.63, 3.8) is 0 Å². The maximum absolute atomic E-state index is 5.63. The molecule has 3 nitrogen and oxygen atoms in total. The van der Waals surface area contributed by atoms with Crippen LogP contribution >= 0.6 is 0 Å². The Balaban J connectivity index is 1.57. The van der Waals surface area contributed by atoms with Crippen LogP contribution in [0.25, 0.3) is 0 Å². The average molecular weight is 280 g/mol. The molecule has 2 saturated carbocycles. The predicted octanol–water partition coefficient (Wildman–Crippen LogP) is 2.51. The third-order valence-electron chi connectivity index (χ3n) is 5.29. The Morgan fingerprint density at radius 1 is 1.05 bits per heavy atom. The van der Waals surface area contributed by atoms with Gasteiger partial charge >= 0.3 is 0 Å². The van der Waals surface area contributed by atoms with Crippen LogP contribution in [0.4, 0.5) is 0 Å². The van der Waals surface area contributed by atoms with E-state index in [1.165, 1.54) is 64.7 Å². The molecule has 0 aromatic carbocycles. The highest BCUT2D eigenvalue weighted by molar-refractivity contribution is 4.90. The van der Waals surface area contributed by atoms with Gasteiger partial charge in [-0.15, -0.1) is 0 Å². The summed E-state index contributed by atoms with van der Waals surface area (Å²) >= 11 is 0. The molecule has 0 unspecified atom stereocenters. The van der Waals surface area contributed by atoms with E-state index >= 15 is 0 Å². The Labute approximate surface area is 124 Å². The summed E-state index contributed by atoms with van der Waals surface area (Å²) in [5.41, 5.74) is 0.470. The normalized spacial score (nSPS) is 26.1. The molecule has 0 bridgehead atoms. The molecule has 0 aromatic rings. The molecule has 1 N–H and O–H groups in total. The van der Waals surface area contributed by atoms with E-state index in [2.05, 4.69) is 17.1 Å². The van der Waals surface area contributed by atoms with E-state index in [9.17, 15) is 0 Å². The standard InChI is InChI=1S/C17H32N2O/c1-2-18-13-17(7-9-20-10-8-17)14-19(11-15-3-4-15)12-16-5-6-16/h15-16,18H,2-14H2,1H3. The Bertz CT molecular complexity index is 279. The second kappa shape index (κ2) is 6.76. The van der Waals surface area contributed by atoms with Crippen molar-refractivity contribution < 1.29 is 4.74 Å². The van der Waals surface area contributed by atoms with Crippen LogP contribution in [0.3, 0.4) is 0 Å². The molecule has 0 aromatic heterocycles. The lowest BCUT2D eigenvalue weighted by Gasteiger charge is -2.41. The summed E-state index contributed by atoms with van der Waals surface area (Å²) in [6.07, 6.45) is 8.39. The summed E-state index contributed by atoms with van der Waals surface area (Å²) in [6, 6.07) is 0. The van der Waals surface area contributed by atoms with E-state index in [4.69, 9.17) is 4.74 Å². The first kappa shape index (κ1) is 14.8. The van der Waals surface area contributed by atoms with Crippen molar-refractivity contribution >= 4 is 0 Å². The quantitative estimate of drug-likeness (QED) is 0.702. The van der Waals surface area contributed by atoms with Crippen LogP contribution in [0.5, 0.6) is 0 Å². The van der Waals surface area contributed by atoms with Gasteiger partial charge < -0.3 is 15.0 Å². The van der Waals surface area contributed by atoms with Crippen LogP contribution in [0.1, 0.15) is 45.4 Å². The zero-order valence-electron chi connectivity index (χ0n) is 13.2. The molecule has 0 spiro atoms. The van der Waals surface area contributed by atoms with Gasteiger partial charge in [0.05, 0.1) is 0 Å². The molecule has 3 aliphatic rings. The van der Waals surface area contributed by atoms with Gasteiger partial charge in [-0.25, -0.2) is 0 Å². The van der Waals surface area contributed by atoms with E-state index in [0.29, 0.717) is 5.41 Å². The Kier molecular flexibility index (Phi) is 5.00. The van der Waals surface area contributed by atoms with E-state index in [-0.39, 0.29) is 0 Å². The van der Waals surface area contributed by atoms with Crippen molar-refractivity contribution in [3.8, 4) is 0 Å². The minimum atomic E-state index is 0.470. The second-order valence-electron chi connectivity index (χ2n) is 7.47. The molecule has 3 heteroatoms. The molecule has 0 amide bonds. The van der Waals surface area contributed by atoms with Crippen LogP contribution in [-0.4, -0.2) is 50.8 Å². The first-order chi connectivity index (χ1) is 9.80. The summed E-state index contributed by atoms with van der Waals surface area (Å²) in [7, 11) is 0. The minimum absolute atomic E-state index is 0.470. The first-order valence-corrected chi connectivity index (χ1v) is 8.80. The van der Waals surface area contributed by atoms with Crippen molar-refractivity contribution in [2.75, 3.05) is 45.9 Å². The van der Waals surface area contributed by atoms with Gasteiger partial charge in [0.15, 0.2) is 0 Å². The highest BCUT2D eigenvalue weighted by atomic mass is 16.5. The minimum Gasteiger partial charge on any atom is -0.381 e. The van der Waals surface area contributed by atoms with Crippen molar-refractivity contribution in [2.45, 2.75) is 45.4 Å². The van der Waals surface area contributed by atoms with Gasteiger partial charge in [0.1, 0.15) is 0 Å². The first-order valence-electron chi connectivity index (χ1n) is 8.80. The SMILES string of the molecule is CCNCC1(CN(CC2CC2)CC2CC2)CCOCC1. The largest absolute Gasteiger partial charge is 0.381 e. The fourth-order valence-corrected chi connectivity index (χ4v) is 3.59. The van der Waals surface area contributed by atoms with Crippen molar-refractivity contribution in [1.82, 2.24) is 10.2 Å². The summed E-state index contributed by atoms with van der Waals surface area (Å²) in [5, 5.41) is 3.62. The molecule has 0 radical (unpaired) electrons. The Hall–Kier alpha value is -0.120. The maximum atomic E-state index is 5.63. The highest BCUT2D eigenvalue weighted by Gasteiger charge is 2.37. The van der Waals surface area contributed by atoms with Crippen molar-refractivity contribution in [1.29, 1.82) is 0 Å². The van der Waals surface area contributed by atoms with Gasteiger partial charge in [-0.1, -0.05) is 6.92 Å². The molecule has 116 valence electrons. The lowest BCUT2D eigenvalue weighted by Crippen LogP contribution is -2.48. The van der Waals surface area contributed by atoms with Gasteiger partial charge in [-0.3, -0.25) is 0 Å². The number of ether oxygens (including phenoxy) is 1. The molecule has 2 aliphatic carbocycles. The number of hydrogen-bond donors (Lipinski definition) is 1. The molecule has 3 rings (SSSR count). The topological polar surface area (TPSA) is 24.5 Å². The van der Waals surface area contributed by atoms with Gasteiger partial charge in [0, 0.05) is 39.4 Å². The van der Waals surface area contributed by atoms with Gasteiger partial charge in [0.25, 0.3) is 0 Å². The molecule has 1 saturated heterocycles. The van der Waals surface area contributed by atoms with E-state index in [1.807, 2.05) is 0 Å². The Morgan fingerprint density at radius 3 is 2.15 bits per heavy atom. The van der Waals surface area contributed by atoms with Crippen molar-refractivity contribution in [3.05, 3.63) is 0 Å². The second-order valence-corrected chi connectivity index (χ2v) is 7.47. The summed E-state index contributed by atoms with van der Waals surface area (Å²) in [5.74, 6) is 2.04. The monoisotopic (exact) mass is 280 g/mol. The molecule has 1 aliphatic heterocycles. The van der Waals surface area contributed by atoms with Crippen LogP contribution in [0.2, 0.25) is 0 Å². The molecule has 1 heterocycles. The maximum Gasteiger partial charge on any atom is 0.0472 e. The zero-order chi connectivity index (χ0) is 13.8. The fourth-order valence-electron chi connectivity index (χ4n) is 3.59. The van der Waals surface area contributed by atoms with Crippen LogP contribution < -0.4 is 5.32 Å². The van der Waals surface area contributed by atoms with Crippen molar-refractivity contribution in [2.24, 2.45) is 17.3 Å². The van der Waals surface area contributed by atoms with Crippen LogP contribution in [0.15, 0.2) is 0 Å². The van der Waals surface area contributed by atoms with Gasteiger partial charge in [-0.05, 0) is 62.3 Å². The third kappa shape index (κ3) is 4.44. The van der Waals surface area contributed by atoms with E-state index in [0.717, 1.165) is 31.6 Å². The van der Waals surface area contributed by atoms with Gasteiger partial charge in [-0.2, -0.15) is 0 Å².